The first-order chi connectivity index (χ1) is 16.1. The summed E-state index contributed by atoms with van der Waals surface area (Å²) in [4.78, 5) is 33.1. The highest BCUT2D eigenvalue weighted by atomic mass is 35.5. The van der Waals surface area contributed by atoms with Crippen LogP contribution in [0.1, 0.15) is 37.5 Å². The first-order valence-electron chi connectivity index (χ1n) is 11.4. The molecule has 1 fully saturated rings. The van der Waals surface area contributed by atoms with Gasteiger partial charge in [0.05, 0.1) is 13.7 Å². The lowest BCUT2D eigenvalue weighted by Gasteiger charge is -2.35. The van der Waals surface area contributed by atoms with E-state index in [2.05, 4.69) is 9.89 Å². The monoisotopic (exact) mass is 486 g/mol. The Hall–Kier alpha value is -2.84. The number of benzene rings is 1. The minimum absolute atomic E-state index is 0.0403. The fraction of sp³-hybridized carbons (Fsp3) is 0.480. The third kappa shape index (κ3) is 4.98. The van der Waals surface area contributed by atoms with Crippen LogP contribution < -0.4 is 10.3 Å². The van der Waals surface area contributed by atoms with Crippen LogP contribution in [-0.2, 0) is 24.9 Å². The topological polar surface area (TPSA) is 76.4 Å². The molecule has 4 rings (SSSR count). The second-order valence-corrected chi connectivity index (χ2v) is 10.1. The molecule has 1 aromatic heterocycles. The Morgan fingerprint density at radius 2 is 1.85 bits per heavy atom. The van der Waals surface area contributed by atoms with Crippen LogP contribution in [0.25, 0.3) is 11.1 Å². The maximum Gasteiger partial charge on any atom is 0.410 e. The molecular weight excluding hydrogens is 456 g/mol. The summed E-state index contributed by atoms with van der Waals surface area (Å²) in [5.41, 5.74) is 3.59. The van der Waals surface area contributed by atoms with Crippen LogP contribution in [0.5, 0.6) is 5.75 Å². The van der Waals surface area contributed by atoms with Crippen molar-refractivity contribution >= 4 is 23.9 Å². The van der Waals surface area contributed by atoms with Crippen molar-refractivity contribution in [3.8, 4) is 16.9 Å². The van der Waals surface area contributed by atoms with Gasteiger partial charge in [0, 0.05) is 85.0 Å². The lowest BCUT2D eigenvalue weighted by Crippen LogP contribution is -2.49. The molecule has 34 heavy (non-hydrogen) atoms. The summed E-state index contributed by atoms with van der Waals surface area (Å²) in [6, 6.07) is 3.86. The number of ether oxygens (including phenoxy) is 2. The second kappa shape index (κ2) is 9.43. The number of aromatic nitrogens is 1. The Morgan fingerprint density at radius 1 is 1.15 bits per heavy atom. The minimum atomic E-state index is -0.503. The lowest BCUT2D eigenvalue weighted by atomic mass is 9.97. The zero-order valence-electron chi connectivity index (χ0n) is 20.4. The SMILES string of the molecule is COc1cc(-c2cn(C)c(=O)c3c2C=NC3)c(Cl)cc1CN1CCN(C(=O)OC(C)(C)C)CC1. The van der Waals surface area contributed by atoms with Gasteiger partial charge >= 0.3 is 6.09 Å². The van der Waals surface area contributed by atoms with Crippen molar-refractivity contribution in [3.05, 3.63) is 50.4 Å². The van der Waals surface area contributed by atoms with Crippen LogP contribution in [0.4, 0.5) is 4.79 Å². The highest BCUT2D eigenvalue weighted by molar-refractivity contribution is 6.33. The minimum Gasteiger partial charge on any atom is -0.496 e. The predicted octanol–water partition coefficient (Wildman–Crippen LogP) is 3.70. The molecule has 2 aliphatic rings. The molecule has 1 aromatic carbocycles. The van der Waals surface area contributed by atoms with E-state index in [-0.39, 0.29) is 11.7 Å². The average molecular weight is 487 g/mol. The number of piperazine rings is 1. The molecule has 8 nitrogen and oxygen atoms in total. The van der Waals surface area contributed by atoms with Crippen molar-refractivity contribution in [1.82, 2.24) is 14.4 Å². The highest BCUT2D eigenvalue weighted by Gasteiger charge is 2.27. The molecule has 0 radical (unpaired) electrons. The summed E-state index contributed by atoms with van der Waals surface area (Å²) in [6.07, 6.45) is 3.27. The molecular formula is C25H31ClN4O4. The Morgan fingerprint density at radius 3 is 2.50 bits per heavy atom. The fourth-order valence-corrected chi connectivity index (χ4v) is 4.61. The van der Waals surface area contributed by atoms with Crippen molar-refractivity contribution in [1.29, 1.82) is 0 Å². The zero-order chi connectivity index (χ0) is 24.6. The Balaban J connectivity index is 1.53. The van der Waals surface area contributed by atoms with E-state index in [0.29, 0.717) is 36.8 Å². The molecule has 0 saturated carbocycles. The van der Waals surface area contributed by atoms with Crippen LogP contribution in [0, 0.1) is 0 Å². The molecule has 1 amide bonds. The van der Waals surface area contributed by atoms with Gasteiger partial charge in [0.25, 0.3) is 5.56 Å². The number of amides is 1. The molecule has 0 atom stereocenters. The number of rotatable bonds is 4. The standard InChI is InChI=1S/C25H31ClN4O4/c1-25(2,3)34-24(32)30-8-6-29(7-9-30)14-16-10-21(26)17(11-22(16)33-5)20-15-28(4)23(31)19-13-27-12-18(19)20/h10-12,15H,6-9,13-14H2,1-5H3. The summed E-state index contributed by atoms with van der Waals surface area (Å²) in [5.74, 6) is 0.728. The van der Waals surface area contributed by atoms with Gasteiger partial charge in [-0.15, -0.1) is 0 Å². The molecule has 0 unspecified atom stereocenters. The van der Waals surface area contributed by atoms with Gasteiger partial charge in [-0.1, -0.05) is 11.6 Å². The number of nitrogens with zero attached hydrogens (tertiary/aromatic N) is 4. The van der Waals surface area contributed by atoms with Crippen LogP contribution >= 0.6 is 11.6 Å². The smallest absolute Gasteiger partial charge is 0.410 e. The van der Waals surface area contributed by atoms with Gasteiger partial charge in [-0.2, -0.15) is 0 Å². The molecule has 2 aliphatic heterocycles. The molecule has 9 heteroatoms. The molecule has 182 valence electrons. The molecule has 0 spiro atoms. The molecule has 2 aromatic rings. The van der Waals surface area contributed by atoms with Crippen molar-refractivity contribution in [2.24, 2.45) is 12.0 Å². The van der Waals surface area contributed by atoms with E-state index in [1.165, 1.54) is 0 Å². The van der Waals surface area contributed by atoms with Crippen LogP contribution in [0.2, 0.25) is 5.02 Å². The number of pyridine rings is 1. The number of hydrogen-bond donors (Lipinski definition) is 0. The Kier molecular flexibility index (Phi) is 6.73. The maximum absolute atomic E-state index is 12.4. The number of aliphatic imine (C=N–C) groups is 1. The number of fused-ring (bicyclic) bond motifs is 1. The summed E-state index contributed by atoms with van der Waals surface area (Å²) < 4.78 is 12.8. The van der Waals surface area contributed by atoms with E-state index in [1.54, 1.807) is 36.0 Å². The van der Waals surface area contributed by atoms with Crippen molar-refractivity contribution < 1.29 is 14.3 Å². The van der Waals surface area contributed by atoms with Gasteiger partial charge in [0.1, 0.15) is 11.4 Å². The number of methoxy groups -OCH3 is 1. The largest absolute Gasteiger partial charge is 0.496 e. The van der Waals surface area contributed by atoms with Crippen LogP contribution in [-0.4, -0.2) is 65.6 Å². The van der Waals surface area contributed by atoms with E-state index in [9.17, 15) is 9.59 Å². The molecule has 3 heterocycles. The van der Waals surface area contributed by atoms with Gasteiger partial charge in [-0.05, 0) is 32.9 Å². The number of carbonyl (C=O) groups is 1. The van der Waals surface area contributed by atoms with E-state index >= 15 is 0 Å². The number of aryl methyl sites for hydroxylation is 1. The van der Waals surface area contributed by atoms with E-state index < -0.39 is 5.60 Å². The average Bonchev–Trinajstić information content (AvgIpc) is 3.26. The van der Waals surface area contributed by atoms with Crippen molar-refractivity contribution in [2.45, 2.75) is 39.5 Å². The second-order valence-electron chi connectivity index (χ2n) is 9.71. The predicted molar refractivity (Wildman–Crippen MR) is 133 cm³/mol. The summed E-state index contributed by atoms with van der Waals surface area (Å²) >= 11 is 6.76. The number of carbonyl (C=O) groups excluding carboxylic acids is 1. The first-order valence-corrected chi connectivity index (χ1v) is 11.7. The molecule has 0 N–H and O–H groups in total. The summed E-state index contributed by atoms with van der Waals surface area (Å²) in [7, 11) is 3.38. The van der Waals surface area contributed by atoms with Crippen LogP contribution in [0.15, 0.2) is 28.1 Å². The third-order valence-electron chi connectivity index (χ3n) is 6.06. The van der Waals surface area contributed by atoms with Gasteiger partial charge in [-0.3, -0.25) is 14.7 Å². The molecule has 0 aliphatic carbocycles. The third-order valence-corrected chi connectivity index (χ3v) is 6.38. The van der Waals surface area contributed by atoms with E-state index in [1.807, 2.05) is 32.9 Å². The Labute approximate surface area is 204 Å². The Bertz CT molecular complexity index is 1190. The summed E-state index contributed by atoms with van der Waals surface area (Å²) in [5, 5.41) is 0.587. The van der Waals surface area contributed by atoms with Gasteiger partial charge < -0.3 is 18.9 Å². The maximum atomic E-state index is 12.4. The quantitative estimate of drug-likeness (QED) is 0.658. The lowest BCUT2D eigenvalue weighted by molar-refractivity contribution is 0.0138. The zero-order valence-corrected chi connectivity index (χ0v) is 21.1. The van der Waals surface area contributed by atoms with Crippen LogP contribution in [0.3, 0.4) is 0 Å². The van der Waals surface area contributed by atoms with Gasteiger partial charge in [0.2, 0.25) is 0 Å². The molecule has 1 saturated heterocycles. The highest BCUT2D eigenvalue weighted by Crippen LogP contribution is 2.37. The van der Waals surface area contributed by atoms with E-state index in [0.717, 1.165) is 41.1 Å². The van der Waals surface area contributed by atoms with Gasteiger partial charge in [0.15, 0.2) is 0 Å². The number of halogens is 1. The van der Waals surface area contributed by atoms with Crippen molar-refractivity contribution in [3.63, 3.8) is 0 Å². The summed E-state index contributed by atoms with van der Waals surface area (Å²) in [6.45, 7) is 9.32. The first kappa shape index (κ1) is 24.3. The fourth-order valence-electron chi connectivity index (χ4n) is 4.33. The molecule has 0 bridgehead atoms. The van der Waals surface area contributed by atoms with E-state index in [4.69, 9.17) is 21.1 Å². The number of hydrogen-bond acceptors (Lipinski definition) is 6. The van der Waals surface area contributed by atoms with Crippen molar-refractivity contribution in [2.75, 3.05) is 33.3 Å². The van der Waals surface area contributed by atoms with Gasteiger partial charge in [-0.25, -0.2) is 4.79 Å². The normalized spacial score (nSPS) is 16.0.